The highest BCUT2D eigenvalue weighted by molar-refractivity contribution is 5.97. The predicted molar refractivity (Wildman–Crippen MR) is 149 cm³/mol. The number of aromatic nitrogens is 3. The van der Waals surface area contributed by atoms with Gasteiger partial charge in [-0.25, -0.2) is 15.0 Å². The van der Waals surface area contributed by atoms with Crippen LogP contribution in [-0.2, 0) is 0 Å². The molecule has 210 valence electrons. The number of hydrogen-bond acceptors (Lipinski definition) is 8. The van der Waals surface area contributed by atoms with E-state index in [0.29, 0.717) is 61.6 Å². The third-order valence-electron chi connectivity index (χ3n) is 8.33. The Morgan fingerprint density at radius 3 is 2.67 bits per heavy atom. The Kier molecular flexibility index (Phi) is 7.40. The minimum absolute atomic E-state index is 0.0663. The van der Waals surface area contributed by atoms with Crippen LogP contribution < -0.4 is 15.0 Å². The molecular formula is C30H36N6O4. The second-order valence-electron chi connectivity index (χ2n) is 11.2. The normalized spacial score (nSPS) is 20.0. The van der Waals surface area contributed by atoms with E-state index in [4.69, 9.17) is 9.15 Å². The summed E-state index contributed by atoms with van der Waals surface area (Å²) in [6.07, 6.45) is 8.95. The number of aryl methyl sites for hydroxylation is 1. The van der Waals surface area contributed by atoms with Gasteiger partial charge >= 0.3 is 0 Å². The van der Waals surface area contributed by atoms with Gasteiger partial charge in [0.1, 0.15) is 23.7 Å². The summed E-state index contributed by atoms with van der Waals surface area (Å²) < 4.78 is 12.0. The lowest BCUT2D eigenvalue weighted by atomic mass is 9.75. The molecule has 0 unspecified atom stereocenters. The fourth-order valence-corrected chi connectivity index (χ4v) is 5.73. The molecule has 1 N–H and O–H groups in total. The van der Waals surface area contributed by atoms with Crippen molar-refractivity contribution in [3.63, 3.8) is 0 Å². The molecule has 1 aromatic carbocycles. The van der Waals surface area contributed by atoms with Gasteiger partial charge in [-0.2, -0.15) is 0 Å². The summed E-state index contributed by atoms with van der Waals surface area (Å²) >= 11 is 0. The van der Waals surface area contributed by atoms with Crippen molar-refractivity contribution in [3.8, 4) is 5.75 Å². The van der Waals surface area contributed by atoms with Crippen molar-refractivity contribution in [2.24, 2.45) is 5.41 Å². The summed E-state index contributed by atoms with van der Waals surface area (Å²) in [5.74, 6) is 3.02. The van der Waals surface area contributed by atoms with Crippen molar-refractivity contribution in [2.45, 2.75) is 51.4 Å². The molecule has 1 saturated carbocycles. The number of carbonyl (C=O) groups is 2. The number of ether oxygens (including phenoxy) is 1. The lowest BCUT2D eigenvalue weighted by molar-refractivity contribution is 0.0361. The maximum absolute atomic E-state index is 13.2. The van der Waals surface area contributed by atoms with Crippen LogP contribution in [0.25, 0.3) is 0 Å². The molecule has 2 fully saturated rings. The van der Waals surface area contributed by atoms with E-state index in [1.54, 1.807) is 12.3 Å². The van der Waals surface area contributed by atoms with Crippen molar-refractivity contribution in [2.75, 3.05) is 44.2 Å². The third-order valence-corrected chi connectivity index (χ3v) is 8.33. The number of oxazole rings is 1. The Labute approximate surface area is 234 Å². The summed E-state index contributed by atoms with van der Waals surface area (Å²) in [4.78, 5) is 43.7. The first-order chi connectivity index (χ1) is 19.5. The molecule has 1 spiro atoms. The number of para-hydroxylation sites is 1. The first-order valence-corrected chi connectivity index (χ1v) is 14.3. The van der Waals surface area contributed by atoms with Crippen LogP contribution in [0.5, 0.6) is 5.75 Å². The number of amides is 2. The topological polar surface area (TPSA) is 114 Å². The average molecular weight is 545 g/mol. The zero-order valence-corrected chi connectivity index (χ0v) is 23.0. The Hall–Kier alpha value is -3.95. The van der Waals surface area contributed by atoms with Crippen LogP contribution in [0.3, 0.4) is 0 Å². The van der Waals surface area contributed by atoms with Gasteiger partial charge in [-0.3, -0.25) is 9.59 Å². The van der Waals surface area contributed by atoms with E-state index in [0.717, 1.165) is 56.7 Å². The second-order valence-corrected chi connectivity index (χ2v) is 11.2. The molecule has 6 rings (SSSR count). The molecule has 10 nitrogen and oxygen atoms in total. The Bertz CT molecular complexity index is 1360. The predicted octanol–water partition coefficient (Wildman–Crippen LogP) is 3.98. The van der Waals surface area contributed by atoms with E-state index < -0.39 is 0 Å². The molecule has 1 aliphatic carbocycles. The van der Waals surface area contributed by atoms with Crippen LogP contribution >= 0.6 is 0 Å². The van der Waals surface area contributed by atoms with Crippen molar-refractivity contribution in [1.29, 1.82) is 0 Å². The van der Waals surface area contributed by atoms with Gasteiger partial charge in [0.05, 0.1) is 12.2 Å². The Balaban J connectivity index is 1.20. The molecule has 2 aromatic heterocycles. The smallest absolute Gasteiger partial charge is 0.275 e. The quantitative estimate of drug-likeness (QED) is 0.527. The molecule has 3 aliphatic rings. The second kappa shape index (κ2) is 11.3. The average Bonchev–Trinajstić information content (AvgIpc) is 3.71. The maximum atomic E-state index is 13.2. The lowest BCUT2D eigenvalue weighted by Gasteiger charge is -2.42. The largest absolute Gasteiger partial charge is 0.492 e. The third kappa shape index (κ3) is 5.80. The van der Waals surface area contributed by atoms with Gasteiger partial charge in [-0.1, -0.05) is 12.1 Å². The van der Waals surface area contributed by atoms with Crippen LogP contribution in [0, 0.1) is 12.3 Å². The molecule has 0 radical (unpaired) electrons. The minimum Gasteiger partial charge on any atom is -0.492 e. The van der Waals surface area contributed by atoms with E-state index >= 15 is 0 Å². The van der Waals surface area contributed by atoms with E-state index in [1.165, 1.54) is 6.26 Å². The van der Waals surface area contributed by atoms with Crippen LogP contribution in [-0.4, -0.2) is 71.0 Å². The number of anilines is 1. The Morgan fingerprint density at radius 2 is 1.88 bits per heavy atom. The lowest BCUT2D eigenvalue weighted by Crippen LogP contribution is -2.46. The summed E-state index contributed by atoms with van der Waals surface area (Å²) in [6.45, 7) is 5.56. The number of nitrogens with one attached hydrogen (secondary N) is 1. The molecule has 0 bridgehead atoms. The minimum atomic E-state index is -0.152. The number of likely N-dealkylation sites (tertiary alicyclic amines) is 1. The van der Waals surface area contributed by atoms with E-state index in [2.05, 4.69) is 25.2 Å². The highest BCUT2D eigenvalue weighted by atomic mass is 16.5. The zero-order valence-electron chi connectivity index (χ0n) is 23.0. The van der Waals surface area contributed by atoms with Gasteiger partial charge < -0.3 is 24.3 Å². The van der Waals surface area contributed by atoms with Crippen LogP contribution in [0.4, 0.5) is 5.82 Å². The Morgan fingerprint density at radius 1 is 1.05 bits per heavy atom. The van der Waals surface area contributed by atoms with Crippen molar-refractivity contribution >= 4 is 17.6 Å². The highest BCUT2D eigenvalue weighted by Crippen LogP contribution is 2.40. The maximum Gasteiger partial charge on any atom is 0.275 e. The number of piperidine rings is 1. The van der Waals surface area contributed by atoms with Gasteiger partial charge in [-0.15, -0.1) is 0 Å². The molecule has 2 amide bonds. The number of carbonyl (C=O) groups excluding carboxylic acids is 2. The molecule has 3 aromatic rings. The molecule has 0 atom stereocenters. The van der Waals surface area contributed by atoms with Crippen LogP contribution in [0.2, 0.25) is 0 Å². The summed E-state index contributed by atoms with van der Waals surface area (Å²) in [5.41, 5.74) is 0.816. The number of rotatable bonds is 3. The SMILES string of the molecule is Cc1nccc(N2CCCC3(CCN(C(=O)c4coc(C5CC5)n4)CC3)COc3ccccc3C(=O)NCC2)n1. The van der Waals surface area contributed by atoms with Gasteiger partial charge in [0, 0.05) is 50.3 Å². The summed E-state index contributed by atoms with van der Waals surface area (Å²) in [5, 5.41) is 3.05. The first-order valence-electron chi connectivity index (χ1n) is 14.3. The fourth-order valence-electron chi connectivity index (χ4n) is 5.73. The van der Waals surface area contributed by atoms with Crippen molar-refractivity contribution < 1.29 is 18.7 Å². The first kappa shape index (κ1) is 26.3. The molecule has 4 heterocycles. The number of benzene rings is 1. The molecule has 40 heavy (non-hydrogen) atoms. The molecule has 10 heteroatoms. The molecule has 2 aliphatic heterocycles. The fraction of sp³-hybridized carbons (Fsp3) is 0.500. The highest BCUT2D eigenvalue weighted by Gasteiger charge is 2.38. The number of fused-ring (bicyclic) bond motifs is 1. The monoisotopic (exact) mass is 544 g/mol. The van der Waals surface area contributed by atoms with Crippen LogP contribution in [0.1, 0.15) is 77.0 Å². The van der Waals surface area contributed by atoms with Gasteiger partial charge in [0.15, 0.2) is 11.6 Å². The van der Waals surface area contributed by atoms with E-state index in [9.17, 15) is 9.59 Å². The number of nitrogens with zero attached hydrogens (tertiary/aromatic N) is 5. The van der Waals surface area contributed by atoms with Gasteiger partial charge in [0.2, 0.25) is 0 Å². The van der Waals surface area contributed by atoms with Gasteiger partial charge in [-0.05, 0) is 63.6 Å². The standard InChI is InChI=1S/C30H36N6O4/c1-21-31-13-9-26(33-21)35-15-4-10-30(20-40-25-6-3-2-5-23(25)27(37)32-14-18-35)11-16-36(17-12-30)29(38)24-19-39-28(34-24)22-7-8-22/h2-3,5-6,9,13,19,22H,4,7-8,10-12,14-18,20H2,1H3,(H,32,37). The summed E-state index contributed by atoms with van der Waals surface area (Å²) in [6, 6.07) is 9.33. The molecule has 1 saturated heterocycles. The molecular weight excluding hydrogens is 508 g/mol. The van der Waals surface area contributed by atoms with Crippen molar-refractivity contribution in [3.05, 3.63) is 65.8 Å². The van der Waals surface area contributed by atoms with Crippen LogP contribution in [0.15, 0.2) is 47.2 Å². The zero-order chi connectivity index (χ0) is 27.5. The summed E-state index contributed by atoms with van der Waals surface area (Å²) in [7, 11) is 0. The van der Waals surface area contributed by atoms with Gasteiger partial charge in [0.25, 0.3) is 11.8 Å². The number of hydrogen-bond donors (Lipinski definition) is 1. The van der Waals surface area contributed by atoms with E-state index in [-0.39, 0.29) is 17.2 Å². The van der Waals surface area contributed by atoms with Crippen molar-refractivity contribution in [1.82, 2.24) is 25.2 Å². The van der Waals surface area contributed by atoms with E-state index in [1.807, 2.05) is 36.1 Å².